The third-order valence-corrected chi connectivity index (χ3v) is 7.17. The summed E-state index contributed by atoms with van der Waals surface area (Å²) < 4.78 is 16.9. The summed E-state index contributed by atoms with van der Waals surface area (Å²) in [5, 5.41) is 0. The Kier molecular flexibility index (Phi) is 7.29. The van der Waals surface area contributed by atoms with Crippen LogP contribution in [0.15, 0.2) is 42.7 Å². The number of ether oxygens (including phenoxy) is 3. The molecule has 2 aliphatic rings. The Labute approximate surface area is 199 Å². The molecule has 2 fully saturated rings. The molecule has 0 bridgehead atoms. The molecule has 1 aromatic heterocycles. The number of carbonyl (C=O) groups is 3. The Morgan fingerprint density at radius 3 is 2.59 bits per heavy atom. The van der Waals surface area contributed by atoms with E-state index in [4.69, 9.17) is 14.2 Å². The summed E-state index contributed by atoms with van der Waals surface area (Å²) in [6.07, 6.45) is 8.25. The molecule has 1 saturated carbocycles. The van der Waals surface area contributed by atoms with Gasteiger partial charge in [0.05, 0.1) is 14.2 Å². The zero-order chi connectivity index (χ0) is 24.1. The molecule has 34 heavy (non-hydrogen) atoms. The third-order valence-electron chi connectivity index (χ3n) is 7.17. The van der Waals surface area contributed by atoms with Crippen LogP contribution in [-0.2, 0) is 32.0 Å². The SMILES string of the molecule is COc1ccc(CCC2(C3CCCC3)CC(=O)C(C(=O)Cc3cccnc3)C(=O)O2)c(OC)c1. The minimum absolute atomic E-state index is 0.0151. The number of rotatable bonds is 9. The van der Waals surface area contributed by atoms with E-state index < -0.39 is 23.3 Å². The smallest absolute Gasteiger partial charge is 0.324 e. The van der Waals surface area contributed by atoms with E-state index in [-0.39, 0.29) is 24.5 Å². The highest BCUT2D eigenvalue weighted by molar-refractivity contribution is 6.19. The fourth-order valence-electron chi connectivity index (χ4n) is 5.37. The number of esters is 1. The number of Topliss-reactive ketones (excluding diaryl/α,β-unsaturated/α-hetero) is 2. The largest absolute Gasteiger partial charge is 0.497 e. The number of aryl methyl sites for hydroxylation is 1. The van der Waals surface area contributed by atoms with Gasteiger partial charge in [-0.1, -0.05) is 25.0 Å². The number of pyridine rings is 1. The van der Waals surface area contributed by atoms with E-state index in [9.17, 15) is 14.4 Å². The molecule has 0 amide bonds. The van der Waals surface area contributed by atoms with Crippen LogP contribution >= 0.6 is 0 Å². The number of aromatic nitrogens is 1. The van der Waals surface area contributed by atoms with Gasteiger partial charge in [0.25, 0.3) is 0 Å². The first kappa shape index (κ1) is 23.9. The van der Waals surface area contributed by atoms with Gasteiger partial charge in [-0.2, -0.15) is 0 Å². The normalized spacial score (nSPS) is 22.9. The predicted molar refractivity (Wildman–Crippen MR) is 125 cm³/mol. The van der Waals surface area contributed by atoms with Crippen molar-refractivity contribution in [1.29, 1.82) is 0 Å². The minimum Gasteiger partial charge on any atom is -0.497 e. The van der Waals surface area contributed by atoms with Crippen LogP contribution in [-0.4, -0.2) is 42.3 Å². The van der Waals surface area contributed by atoms with Crippen LogP contribution in [0.1, 0.15) is 49.7 Å². The van der Waals surface area contributed by atoms with Gasteiger partial charge in [0.1, 0.15) is 17.1 Å². The molecule has 1 aliphatic heterocycles. The van der Waals surface area contributed by atoms with E-state index in [1.165, 1.54) is 0 Å². The van der Waals surface area contributed by atoms with Gasteiger partial charge in [-0.05, 0) is 54.9 Å². The van der Waals surface area contributed by atoms with Crippen LogP contribution in [0.2, 0.25) is 0 Å². The first-order valence-electron chi connectivity index (χ1n) is 11.8. The number of ketones is 2. The number of methoxy groups -OCH3 is 2. The molecular formula is C27H31NO6. The third kappa shape index (κ3) is 4.98. The molecule has 2 aromatic rings. The van der Waals surface area contributed by atoms with E-state index in [2.05, 4.69) is 4.98 Å². The number of hydrogen-bond acceptors (Lipinski definition) is 7. The molecule has 2 atom stereocenters. The van der Waals surface area contributed by atoms with E-state index in [0.717, 1.165) is 31.2 Å². The van der Waals surface area contributed by atoms with Crippen LogP contribution in [0, 0.1) is 11.8 Å². The molecule has 0 N–H and O–H groups in total. The van der Waals surface area contributed by atoms with Crippen LogP contribution in [0.25, 0.3) is 0 Å². The van der Waals surface area contributed by atoms with Crippen LogP contribution in [0.5, 0.6) is 11.5 Å². The number of carbonyl (C=O) groups excluding carboxylic acids is 3. The van der Waals surface area contributed by atoms with Gasteiger partial charge in [-0.25, -0.2) is 0 Å². The lowest BCUT2D eigenvalue weighted by Gasteiger charge is -2.42. The monoisotopic (exact) mass is 465 g/mol. The van der Waals surface area contributed by atoms with E-state index >= 15 is 0 Å². The topological polar surface area (TPSA) is 91.8 Å². The number of nitrogens with zero attached hydrogens (tertiary/aromatic N) is 1. The molecule has 7 heteroatoms. The van der Waals surface area contributed by atoms with Crippen molar-refractivity contribution in [3.8, 4) is 11.5 Å². The van der Waals surface area contributed by atoms with Crippen molar-refractivity contribution in [1.82, 2.24) is 4.98 Å². The first-order chi connectivity index (χ1) is 16.5. The van der Waals surface area contributed by atoms with Crippen LogP contribution in [0.4, 0.5) is 0 Å². The van der Waals surface area contributed by atoms with Crippen LogP contribution in [0.3, 0.4) is 0 Å². The van der Waals surface area contributed by atoms with Gasteiger partial charge < -0.3 is 14.2 Å². The fraction of sp³-hybridized carbons (Fsp3) is 0.481. The molecule has 7 nitrogen and oxygen atoms in total. The Bertz CT molecular complexity index is 1030. The summed E-state index contributed by atoms with van der Waals surface area (Å²) in [6.45, 7) is 0. The summed E-state index contributed by atoms with van der Waals surface area (Å²) >= 11 is 0. The number of benzene rings is 1. The standard InChI is InChI=1S/C27H31NO6/c1-32-21-10-9-19(24(15-21)33-2)11-12-27(20-7-3-4-8-20)16-23(30)25(26(31)34-27)22(29)14-18-6-5-13-28-17-18/h5-6,9-10,13,15,17,20,25H,3-4,7-8,11-12,14,16H2,1-2H3. The summed E-state index contributed by atoms with van der Waals surface area (Å²) in [5.74, 6) is -1.33. The zero-order valence-electron chi connectivity index (χ0n) is 19.7. The maximum absolute atomic E-state index is 13.2. The minimum atomic E-state index is -1.36. The van der Waals surface area contributed by atoms with Crippen molar-refractivity contribution in [2.75, 3.05) is 14.2 Å². The second kappa shape index (κ2) is 10.4. The summed E-state index contributed by atoms with van der Waals surface area (Å²) in [6, 6.07) is 9.11. The maximum atomic E-state index is 13.2. The molecule has 1 aromatic carbocycles. The van der Waals surface area contributed by atoms with Crippen molar-refractivity contribution < 1.29 is 28.6 Å². The van der Waals surface area contributed by atoms with E-state index in [0.29, 0.717) is 29.9 Å². The molecule has 2 heterocycles. The van der Waals surface area contributed by atoms with Crippen molar-refractivity contribution in [2.24, 2.45) is 11.8 Å². The molecule has 1 saturated heterocycles. The molecule has 2 unspecified atom stereocenters. The molecule has 1 aliphatic carbocycles. The maximum Gasteiger partial charge on any atom is 0.324 e. The predicted octanol–water partition coefficient (Wildman–Crippen LogP) is 3.90. The average molecular weight is 466 g/mol. The lowest BCUT2D eigenvalue weighted by atomic mass is 9.73. The van der Waals surface area contributed by atoms with Gasteiger partial charge >= 0.3 is 5.97 Å². The van der Waals surface area contributed by atoms with E-state index in [1.807, 2.05) is 18.2 Å². The molecular weight excluding hydrogens is 434 g/mol. The highest BCUT2D eigenvalue weighted by Crippen LogP contribution is 2.45. The molecule has 0 radical (unpaired) electrons. The number of hydrogen-bond donors (Lipinski definition) is 0. The molecule has 4 rings (SSSR count). The van der Waals surface area contributed by atoms with Gasteiger partial charge in [-0.3, -0.25) is 19.4 Å². The second-order valence-electron chi connectivity index (χ2n) is 9.23. The van der Waals surface area contributed by atoms with Crippen molar-refractivity contribution in [3.05, 3.63) is 53.9 Å². The lowest BCUT2D eigenvalue weighted by Crippen LogP contribution is -2.53. The first-order valence-corrected chi connectivity index (χ1v) is 11.8. The zero-order valence-corrected chi connectivity index (χ0v) is 19.7. The number of cyclic esters (lactones) is 1. The van der Waals surface area contributed by atoms with Gasteiger partial charge in [0.15, 0.2) is 17.5 Å². The second-order valence-corrected chi connectivity index (χ2v) is 9.23. The van der Waals surface area contributed by atoms with Crippen molar-refractivity contribution in [2.45, 2.75) is 57.0 Å². The quantitative estimate of drug-likeness (QED) is 0.410. The highest BCUT2D eigenvalue weighted by Gasteiger charge is 2.53. The van der Waals surface area contributed by atoms with Gasteiger partial charge in [-0.15, -0.1) is 0 Å². The molecule has 0 spiro atoms. The van der Waals surface area contributed by atoms with Crippen molar-refractivity contribution in [3.63, 3.8) is 0 Å². The summed E-state index contributed by atoms with van der Waals surface area (Å²) in [4.78, 5) is 43.2. The Balaban J connectivity index is 1.53. The Morgan fingerprint density at radius 2 is 1.94 bits per heavy atom. The highest BCUT2D eigenvalue weighted by atomic mass is 16.6. The lowest BCUT2D eigenvalue weighted by molar-refractivity contribution is -0.186. The molecule has 180 valence electrons. The fourth-order valence-corrected chi connectivity index (χ4v) is 5.37. The van der Waals surface area contributed by atoms with Crippen molar-refractivity contribution >= 4 is 17.5 Å². The van der Waals surface area contributed by atoms with Gasteiger partial charge in [0.2, 0.25) is 0 Å². The summed E-state index contributed by atoms with van der Waals surface area (Å²) in [7, 11) is 3.20. The summed E-state index contributed by atoms with van der Waals surface area (Å²) in [5.41, 5.74) is 0.743. The Morgan fingerprint density at radius 1 is 1.15 bits per heavy atom. The Hall–Kier alpha value is -3.22. The van der Waals surface area contributed by atoms with E-state index in [1.54, 1.807) is 38.7 Å². The average Bonchev–Trinajstić information content (AvgIpc) is 3.39. The van der Waals surface area contributed by atoms with Gasteiger partial charge in [0, 0.05) is 31.3 Å². The van der Waals surface area contributed by atoms with Crippen LogP contribution < -0.4 is 9.47 Å².